The van der Waals surface area contributed by atoms with E-state index in [1.54, 1.807) is 0 Å². The van der Waals surface area contributed by atoms with Crippen molar-refractivity contribution in [3.05, 3.63) is 60.2 Å². The van der Waals surface area contributed by atoms with Gasteiger partial charge in [0, 0.05) is 18.8 Å². The zero-order chi connectivity index (χ0) is 17.5. The summed E-state index contributed by atoms with van der Waals surface area (Å²) in [6, 6.07) is 18.0. The molecule has 1 heterocycles. The molecule has 1 N–H and O–H groups in total. The molecule has 0 bridgehead atoms. The number of carbonyl (C=O) groups excluding carboxylic acids is 1. The molecule has 132 valence electrons. The normalized spacial score (nSPS) is 17.9. The molecule has 1 amide bonds. The van der Waals surface area contributed by atoms with Gasteiger partial charge in [0.25, 0.3) is 0 Å². The van der Waals surface area contributed by atoms with E-state index >= 15 is 0 Å². The maximum absolute atomic E-state index is 12.6. The number of anilines is 1. The van der Waals surface area contributed by atoms with Crippen LogP contribution in [-0.4, -0.2) is 30.5 Å². The second kappa shape index (κ2) is 8.67. The molecule has 0 spiro atoms. The van der Waals surface area contributed by atoms with Crippen molar-refractivity contribution in [2.24, 2.45) is 5.92 Å². The van der Waals surface area contributed by atoms with Crippen molar-refractivity contribution in [1.29, 1.82) is 0 Å². The minimum atomic E-state index is 0.0454. The van der Waals surface area contributed by atoms with E-state index in [1.807, 2.05) is 37.3 Å². The van der Waals surface area contributed by atoms with E-state index in [0.717, 1.165) is 43.9 Å². The number of rotatable bonds is 6. The fourth-order valence-corrected chi connectivity index (χ4v) is 3.30. The lowest BCUT2D eigenvalue weighted by Crippen LogP contribution is -2.40. The molecule has 2 aromatic rings. The van der Waals surface area contributed by atoms with Crippen LogP contribution in [-0.2, 0) is 11.3 Å². The van der Waals surface area contributed by atoms with E-state index in [9.17, 15) is 4.79 Å². The van der Waals surface area contributed by atoms with Crippen molar-refractivity contribution < 1.29 is 9.53 Å². The van der Waals surface area contributed by atoms with Crippen molar-refractivity contribution in [1.82, 2.24) is 4.90 Å². The molecule has 0 saturated carbocycles. The second-order valence-electron chi connectivity index (χ2n) is 6.51. The molecule has 1 aliphatic heterocycles. The number of piperidine rings is 1. The summed E-state index contributed by atoms with van der Waals surface area (Å²) in [6.45, 7) is 5.39. The van der Waals surface area contributed by atoms with Gasteiger partial charge in [-0.3, -0.25) is 9.69 Å². The summed E-state index contributed by atoms with van der Waals surface area (Å²) in [7, 11) is 0. The van der Waals surface area contributed by atoms with Crippen LogP contribution in [0.25, 0.3) is 0 Å². The van der Waals surface area contributed by atoms with Crippen LogP contribution in [0.5, 0.6) is 5.75 Å². The Morgan fingerprint density at radius 3 is 2.64 bits per heavy atom. The Bertz CT molecular complexity index is 670. The summed E-state index contributed by atoms with van der Waals surface area (Å²) in [5.41, 5.74) is 2.13. The zero-order valence-corrected chi connectivity index (χ0v) is 14.8. The van der Waals surface area contributed by atoms with Crippen molar-refractivity contribution in [3.63, 3.8) is 0 Å². The molecule has 2 aromatic carbocycles. The Labute approximate surface area is 149 Å². The minimum absolute atomic E-state index is 0.0454. The van der Waals surface area contributed by atoms with Gasteiger partial charge in [-0.1, -0.05) is 30.3 Å². The number of amides is 1. The van der Waals surface area contributed by atoms with E-state index in [0.29, 0.717) is 6.61 Å². The highest BCUT2D eigenvalue weighted by Crippen LogP contribution is 2.21. The first-order chi connectivity index (χ1) is 12.2. The topological polar surface area (TPSA) is 41.6 Å². The maximum Gasteiger partial charge on any atom is 0.228 e. The van der Waals surface area contributed by atoms with Gasteiger partial charge in [-0.25, -0.2) is 0 Å². The van der Waals surface area contributed by atoms with Crippen molar-refractivity contribution in [2.75, 3.05) is 25.0 Å². The molecule has 1 fully saturated rings. The van der Waals surface area contributed by atoms with Crippen LogP contribution in [0.1, 0.15) is 25.3 Å². The summed E-state index contributed by atoms with van der Waals surface area (Å²) in [5, 5.41) is 3.04. The van der Waals surface area contributed by atoms with Gasteiger partial charge in [0.2, 0.25) is 5.91 Å². The summed E-state index contributed by atoms with van der Waals surface area (Å²) in [6.07, 6.45) is 2.02. The summed E-state index contributed by atoms with van der Waals surface area (Å²) >= 11 is 0. The van der Waals surface area contributed by atoms with E-state index < -0.39 is 0 Å². The third kappa shape index (κ3) is 5.07. The van der Waals surface area contributed by atoms with Crippen molar-refractivity contribution in [3.8, 4) is 5.75 Å². The predicted octanol–water partition coefficient (Wildman–Crippen LogP) is 3.94. The third-order valence-electron chi connectivity index (χ3n) is 4.56. The highest BCUT2D eigenvalue weighted by molar-refractivity contribution is 5.92. The SMILES string of the molecule is CCOc1ccc(NC(=O)[C@H]2CCCN(Cc3ccccc3)C2)cc1. The maximum atomic E-state index is 12.6. The van der Waals surface area contributed by atoms with Crippen molar-refractivity contribution >= 4 is 11.6 Å². The molecule has 25 heavy (non-hydrogen) atoms. The Morgan fingerprint density at radius 1 is 1.16 bits per heavy atom. The number of nitrogens with one attached hydrogen (secondary N) is 1. The van der Waals surface area contributed by atoms with Gasteiger partial charge >= 0.3 is 0 Å². The Kier molecular flexibility index (Phi) is 6.07. The highest BCUT2D eigenvalue weighted by atomic mass is 16.5. The summed E-state index contributed by atoms with van der Waals surface area (Å²) < 4.78 is 5.43. The van der Waals surface area contributed by atoms with Gasteiger partial charge in [-0.2, -0.15) is 0 Å². The van der Waals surface area contributed by atoms with Gasteiger partial charge < -0.3 is 10.1 Å². The fraction of sp³-hybridized carbons (Fsp3) is 0.381. The van der Waals surface area contributed by atoms with Crippen molar-refractivity contribution in [2.45, 2.75) is 26.3 Å². The molecular formula is C21H26N2O2. The van der Waals surface area contributed by atoms with Gasteiger partial charge in [-0.05, 0) is 56.1 Å². The van der Waals surface area contributed by atoms with Gasteiger partial charge in [-0.15, -0.1) is 0 Å². The smallest absolute Gasteiger partial charge is 0.228 e. The first-order valence-corrected chi connectivity index (χ1v) is 9.04. The molecule has 0 radical (unpaired) electrons. The molecule has 3 rings (SSSR count). The molecule has 4 heteroatoms. The molecule has 1 atom stereocenters. The molecule has 1 saturated heterocycles. The first-order valence-electron chi connectivity index (χ1n) is 9.04. The number of hydrogen-bond acceptors (Lipinski definition) is 3. The van der Waals surface area contributed by atoms with Crippen LogP contribution in [0.15, 0.2) is 54.6 Å². The lowest BCUT2D eigenvalue weighted by Gasteiger charge is -2.32. The highest BCUT2D eigenvalue weighted by Gasteiger charge is 2.25. The molecule has 0 aromatic heterocycles. The number of hydrogen-bond donors (Lipinski definition) is 1. The van der Waals surface area contributed by atoms with Crippen LogP contribution in [0.4, 0.5) is 5.69 Å². The Morgan fingerprint density at radius 2 is 1.92 bits per heavy atom. The lowest BCUT2D eigenvalue weighted by molar-refractivity contribution is -0.121. The first kappa shape index (κ1) is 17.5. The number of carbonyl (C=O) groups is 1. The van der Waals surface area contributed by atoms with Crippen LogP contribution >= 0.6 is 0 Å². The average Bonchev–Trinajstić information content (AvgIpc) is 2.65. The van der Waals surface area contributed by atoms with Crippen LogP contribution in [0, 0.1) is 5.92 Å². The monoisotopic (exact) mass is 338 g/mol. The second-order valence-corrected chi connectivity index (χ2v) is 6.51. The van der Waals surface area contributed by atoms with E-state index in [-0.39, 0.29) is 11.8 Å². The van der Waals surface area contributed by atoms with E-state index in [2.05, 4.69) is 34.5 Å². The molecule has 1 aliphatic rings. The molecule has 4 nitrogen and oxygen atoms in total. The number of ether oxygens (including phenoxy) is 1. The summed E-state index contributed by atoms with van der Waals surface area (Å²) in [5.74, 6) is 0.984. The predicted molar refractivity (Wildman–Crippen MR) is 101 cm³/mol. The van der Waals surface area contributed by atoms with E-state index in [4.69, 9.17) is 4.74 Å². The molecule has 0 aliphatic carbocycles. The average molecular weight is 338 g/mol. The largest absolute Gasteiger partial charge is 0.494 e. The Hall–Kier alpha value is -2.33. The van der Waals surface area contributed by atoms with Crippen LogP contribution in [0.2, 0.25) is 0 Å². The molecule has 0 unspecified atom stereocenters. The quantitative estimate of drug-likeness (QED) is 0.867. The minimum Gasteiger partial charge on any atom is -0.494 e. The standard InChI is InChI=1S/C21H26N2O2/c1-2-25-20-12-10-19(11-13-20)22-21(24)18-9-6-14-23(16-18)15-17-7-4-3-5-8-17/h3-5,7-8,10-13,18H,2,6,9,14-16H2,1H3,(H,22,24)/t18-/m0/s1. The van der Waals surface area contributed by atoms with Gasteiger partial charge in [0.1, 0.15) is 5.75 Å². The zero-order valence-electron chi connectivity index (χ0n) is 14.8. The summed E-state index contributed by atoms with van der Waals surface area (Å²) in [4.78, 5) is 15.0. The number of likely N-dealkylation sites (tertiary alicyclic amines) is 1. The van der Waals surface area contributed by atoms with Crippen LogP contribution < -0.4 is 10.1 Å². The van der Waals surface area contributed by atoms with E-state index in [1.165, 1.54) is 5.56 Å². The fourth-order valence-electron chi connectivity index (χ4n) is 3.30. The van der Waals surface area contributed by atoms with Gasteiger partial charge in [0.15, 0.2) is 0 Å². The number of nitrogens with zero attached hydrogens (tertiary/aromatic N) is 1. The number of benzene rings is 2. The Balaban J connectivity index is 1.54. The third-order valence-corrected chi connectivity index (χ3v) is 4.56. The van der Waals surface area contributed by atoms with Gasteiger partial charge in [0.05, 0.1) is 12.5 Å². The van der Waals surface area contributed by atoms with Crippen LogP contribution in [0.3, 0.4) is 0 Å². The lowest BCUT2D eigenvalue weighted by atomic mass is 9.96. The molecular weight excluding hydrogens is 312 g/mol.